The molecule has 0 radical (unpaired) electrons. The Balaban J connectivity index is 2.74. The van der Waals surface area contributed by atoms with Crippen LogP contribution in [0, 0.1) is 11.2 Å². The third-order valence-corrected chi connectivity index (χ3v) is 4.05. The molecule has 0 aliphatic carbocycles. The van der Waals surface area contributed by atoms with Crippen LogP contribution in [-0.2, 0) is 12.4 Å². The smallest absolute Gasteiger partial charge is 0.258 e. The number of benzene rings is 1. The van der Waals surface area contributed by atoms with Crippen molar-refractivity contribution in [2.75, 3.05) is 6.61 Å². The lowest BCUT2D eigenvalue weighted by Crippen LogP contribution is -2.30. The molecule has 24 heavy (non-hydrogen) atoms. The zero-order chi connectivity index (χ0) is 17.9. The van der Waals surface area contributed by atoms with Crippen LogP contribution in [0.5, 0.6) is 5.75 Å². The van der Waals surface area contributed by atoms with Crippen molar-refractivity contribution in [3.63, 3.8) is 0 Å². The van der Waals surface area contributed by atoms with Crippen LogP contribution >= 0.6 is 11.6 Å². The van der Waals surface area contributed by atoms with Gasteiger partial charge in [0.2, 0.25) is 0 Å². The van der Waals surface area contributed by atoms with E-state index in [4.69, 9.17) is 16.3 Å². The minimum Gasteiger partial charge on any atom is -0.491 e. The van der Waals surface area contributed by atoms with Crippen molar-refractivity contribution in [2.24, 2.45) is 5.41 Å². The average molecular weight is 354 g/mol. The van der Waals surface area contributed by atoms with Gasteiger partial charge >= 0.3 is 0 Å². The summed E-state index contributed by atoms with van der Waals surface area (Å²) < 4.78 is 21.4. The lowest BCUT2D eigenvalue weighted by Gasteiger charge is -2.24. The van der Waals surface area contributed by atoms with Gasteiger partial charge in [0.05, 0.1) is 23.6 Å². The number of hydrogen-bond donors (Lipinski definition) is 0. The van der Waals surface area contributed by atoms with Gasteiger partial charge in [-0.25, -0.2) is 4.39 Å². The van der Waals surface area contributed by atoms with Gasteiger partial charge in [-0.2, -0.15) is 0 Å². The molecule has 0 atom stereocenters. The number of nitrogens with zero attached hydrogens (tertiary/aromatic N) is 1. The Morgan fingerprint density at radius 1 is 1.25 bits per heavy atom. The topological polar surface area (TPSA) is 31.2 Å². The SMILES string of the molecule is CCCCOc1c(CCl)n(CC(C)(C)C)c(=O)c2ccc(F)cc12. The highest BCUT2D eigenvalue weighted by Crippen LogP contribution is 2.31. The predicted octanol–water partition coefficient (Wildman–Crippen LogP) is 5.10. The molecule has 2 rings (SSSR count). The maximum absolute atomic E-state index is 13.7. The van der Waals surface area contributed by atoms with E-state index in [2.05, 4.69) is 27.7 Å². The van der Waals surface area contributed by atoms with Crippen molar-refractivity contribution in [1.29, 1.82) is 0 Å². The Bertz CT molecular complexity index is 778. The number of ether oxygens (including phenoxy) is 1. The van der Waals surface area contributed by atoms with Gasteiger partial charge in [0.1, 0.15) is 11.6 Å². The molecule has 0 fully saturated rings. The molecule has 0 spiro atoms. The van der Waals surface area contributed by atoms with E-state index in [1.807, 2.05) is 0 Å². The monoisotopic (exact) mass is 353 g/mol. The molecule has 0 N–H and O–H groups in total. The van der Waals surface area contributed by atoms with Crippen molar-refractivity contribution in [3.05, 3.63) is 40.1 Å². The van der Waals surface area contributed by atoms with Gasteiger partial charge < -0.3 is 9.30 Å². The number of alkyl halides is 1. The van der Waals surface area contributed by atoms with E-state index in [-0.39, 0.29) is 16.9 Å². The van der Waals surface area contributed by atoms with E-state index in [9.17, 15) is 9.18 Å². The molecule has 1 aromatic carbocycles. The Hall–Kier alpha value is -1.55. The summed E-state index contributed by atoms with van der Waals surface area (Å²) in [5.41, 5.74) is 0.364. The number of halogens is 2. The van der Waals surface area contributed by atoms with E-state index >= 15 is 0 Å². The molecule has 0 bridgehead atoms. The number of fused-ring (bicyclic) bond motifs is 1. The van der Waals surface area contributed by atoms with Gasteiger partial charge in [-0.15, -0.1) is 11.6 Å². The van der Waals surface area contributed by atoms with Crippen LogP contribution in [0.4, 0.5) is 4.39 Å². The third-order valence-electron chi connectivity index (χ3n) is 3.79. The fourth-order valence-corrected chi connectivity index (χ4v) is 2.96. The second-order valence-electron chi connectivity index (χ2n) is 7.25. The molecule has 132 valence electrons. The largest absolute Gasteiger partial charge is 0.491 e. The van der Waals surface area contributed by atoms with Crippen LogP contribution in [0.3, 0.4) is 0 Å². The zero-order valence-electron chi connectivity index (χ0n) is 14.8. The second kappa shape index (κ2) is 7.56. The minimum absolute atomic E-state index is 0.0982. The average Bonchev–Trinajstić information content (AvgIpc) is 2.50. The standard InChI is InChI=1S/C19H25ClFNO2/c1-5-6-9-24-17-15-10-13(21)7-8-14(15)18(23)22(16(17)11-20)12-19(2,3)4/h7-8,10H,5-6,9,11-12H2,1-4H3. The van der Waals surface area contributed by atoms with E-state index in [1.54, 1.807) is 4.57 Å². The summed E-state index contributed by atoms with van der Waals surface area (Å²) in [4.78, 5) is 12.9. The Kier molecular flexibility index (Phi) is 5.92. The lowest BCUT2D eigenvalue weighted by molar-refractivity contribution is 0.296. The molecule has 0 aliphatic rings. The lowest BCUT2D eigenvalue weighted by atomic mass is 9.96. The normalized spacial score (nSPS) is 11.9. The summed E-state index contributed by atoms with van der Waals surface area (Å²) in [6.45, 7) is 9.28. The molecule has 0 saturated carbocycles. The molecule has 1 aromatic heterocycles. The summed E-state index contributed by atoms with van der Waals surface area (Å²) in [6, 6.07) is 4.19. The van der Waals surface area contributed by atoms with Crippen LogP contribution in [0.1, 0.15) is 46.2 Å². The molecule has 5 heteroatoms. The maximum Gasteiger partial charge on any atom is 0.258 e. The van der Waals surface area contributed by atoms with Crippen molar-refractivity contribution >= 4 is 22.4 Å². The molecular formula is C19H25ClFNO2. The first-order chi connectivity index (χ1) is 11.3. The number of rotatable bonds is 6. The summed E-state index contributed by atoms with van der Waals surface area (Å²) in [6.07, 6.45) is 1.88. The first-order valence-corrected chi connectivity index (χ1v) is 8.85. The van der Waals surface area contributed by atoms with Crippen molar-refractivity contribution in [2.45, 2.75) is 53.0 Å². The molecule has 0 amide bonds. The number of unbranched alkanes of at least 4 members (excludes halogenated alkanes) is 1. The first-order valence-electron chi connectivity index (χ1n) is 8.32. The van der Waals surface area contributed by atoms with Crippen LogP contribution in [0.25, 0.3) is 10.8 Å². The molecule has 0 saturated heterocycles. The minimum atomic E-state index is -0.392. The van der Waals surface area contributed by atoms with Crippen molar-refractivity contribution in [1.82, 2.24) is 4.57 Å². The summed E-state index contributed by atoms with van der Waals surface area (Å²) in [7, 11) is 0. The third kappa shape index (κ3) is 4.10. The van der Waals surface area contributed by atoms with Gasteiger partial charge in [-0.1, -0.05) is 34.1 Å². The van der Waals surface area contributed by atoms with Crippen molar-refractivity contribution in [3.8, 4) is 5.75 Å². The van der Waals surface area contributed by atoms with Crippen molar-refractivity contribution < 1.29 is 9.13 Å². The Morgan fingerprint density at radius 2 is 1.96 bits per heavy atom. The summed E-state index contributed by atoms with van der Waals surface area (Å²) >= 11 is 6.16. The van der Waals surface area contributed by atoms with E-state index in [0.717, 1.165) is 12.8 Å². The zero-order valence-corrected chi connectivity index (χ0v) is 15.5. The molecule has 3 nitrogen and oxygen atoms in total. The molecular weight excluding hydrogens is 329 g/mol. The number of pyridine rings is 1. The van der Waals surface area contributed by atoms with Gasteiger partial charge in [-0.3, -0.25) is 4.79 Å². The van der Waals surface area contributed by atoms with E-state index in [0.29, 0.717) is 35.4 Å². The molecule has 1 heterocycles. The van der Waals surface area contributed by atoms with Gasteiger partial charge in [-0.05, 0) is 30.0 Å². The molecule has 0 unspecified atom stereocenters. The van der Waals surface area contributed by atoms with Crippen LogP contribution in [0.15, 0.2) is 23.0 Å². The highest BCUT2D eigenvalue weighted by atomic mass is 35.5. The number of aromatic nitrogens is 1. The highest BCUT2D eigenvalue weighted by Gasteiger charge is 2.21. The first kappa shape index (κ1) is 18.8. The molecule has 0 aliphatic heterocycles. The van der Waals surface area contributed by atoms with Gasteiger partial charge in [0.25, 0.3) is 5.56 Å². The fourth-order valence-electron chi connectivity index (χ4n) is 2.69. The summed E-state index contributed by atoms with van der Waals surface area (Å²) in [5, 5.41) is 0.956. The Morgan fingerprint density at radius 3 is 2.54 bits per heavy atom. The fraction of sp³-hybridized carbons (Fsp3) is 0.526. The number of hydrogen-bond acceptors (Lipinski definition) is 2. The van der Waals surface area contributed by atoms with Crippen LogP contribution in [-0.4, -0.2) is 11.2 Å². The maximum atomic E-state index is 13.7. The van der Waals surface area contributed by atoms with E-state index < -0.39 is 5.82 Å². The quantitative estimate of drug-likeness (QED) is 0.534. The second-order valence-corrected chi connectivity index (χ2v) is 7.52. The van der Waals surface area contributed by atoms with Crippen LogP contribution in [0.2, 0.25) is 0 Å². The summed E-state index contributed by atoms with van der Waals surface area (Å²) in [5.74, 6) is 0.271. The molecule has 2 aromatic rings. The highest BCUT2D eigenvalue weighted by molar-refractivity contribution is 6.17. The van der Waals surface area contributed by atoms with Crippen LogP contribution < -0.4 is 10.3 Å². The predicted molar refractivity (Wildman–Crippen MR) is 97.6 cm³/mol. The van der Waals surface area contributed by atoms with E-state index in [1.165, 1.54) is 18.2 Å². The Labute approximate surface area is 147 Å². The van der Waals surface area contributed by atoms with Gasteiger partial charge in [0, 0.05) is 11.9 Å². The van der Waals surface area contributed by atoms with Gasteiger partial charge in [0.15, 0.2) is 0 Å².